The standard InChI is InChI=1S/C13H9.C5H5.Hf/c1-3-7-12-10(5-1)9-11-6-2-4-8-13(11)12;1-2-4-5-3-1;/h1-9H;1-3H,4H2;/q2*-1;+4. The van der Waals surface area contributed by atoms with Gasteiger partial charge in [0.25, 0.3) is 0 Å². The van der Waals surface area contributed by atoms with Gasteiger partial charge in [-0.05, 0) is 0 Å². The molecular weight excluding hydrogens is 395 g/mol. The third kappa shape index (κ3) is 3.16. The first-order valence-corrected chi connectivity index (χ1v) is 6.20. The summed E-state index contributed by atoms with van der Waals surface area (Å²) in [4.78, 5) is 0. The molecule has 0 spiro atoms. The fourth-order valence-corrected chi connectivity index (χ4v) is 2.24. The summed E-state index contributed by atoms with van der Waals surface area (Å²) < 4.78 is 0. The molecule has 0 N–H and O–H groups in total. The molecule has 0 atom stereocenters. The maximum absolute atomic E-state index is 2.99. The van der Waals surface area contributed by atoms with Crippen molar-refractivity contribution in [3.8, 4) is 0 Å². The van der Waals surface area contributed by atoms with Crippen LogP contribution in [0.1, 0.15) is 6.42 Å². The first-order valence-electron chi connectivity index (χ1n) is 6.20. The molecule has 1 aliphatic rings. The van der Waals surface area contributed by atoms with Crippen molar-refractivity contribution < 1.29 is 25.8 Å². The normalized spacial score (nSPS) is 12.2. The number of hydrogen-bond acceptors (Lipinski definition) is 0. The molecular formula is C18H14Hf+2. The Labute approximate surface area is 132 Å². The smallest absolute Gasteiger partial charge is 0.273 e. The summed E-state index contributed by atoms with van der Waals surface area (Å²) in [6.07, 6.45) is 10.0. The third-order valence-electron chi connectivity index (χ3n) is 3.11. The summed E-state index contributed by atoms with van der Waals surface area (Å²) in [7, 11) is 0. The van der Waals surface area contributed by atoms with Gasteiger partial charge in [-0.25, -0.2) is 12.2 Å². The Kier molecular flexibility index (Phi) is 4.98. The maximum atomic E-state index is 2.99. The third-order valence-corrected chi connectivity index (χ3v) is 3.11. The minimum absolute atomic E-state index is 0. The second kappa shape index (κ2) is 6.72. The van der Waals surface area contributed by atoms with E-state index in [0.717, 1.165) is 6.42 Å². The van der Waals surface area contributed by atoms with Crippen molar-refractivity contribution in [1.29, 1.82) is 0 Å². The number of hydrogen-bond donors (Lipinski definition) is 0. The van der Waals surface area contributed by atoms with Crippen molar-refractivity contribution in [2.75, 3.05) is 0 Å². The Morgan fingerprint density at radius 2 is 1.42 bits per heavy atom. The van der Waals surface area contributed by atoms with Gasteiger partial charge in [0.15, 0.2) is 0 Å². The van der Waals surface area contributed by atoms with Gasteiger partial charge in [0, 0.05) is 0 Å². The van der Waals surface area contributed by atoms with E-state index in [2.05, 4.69) is 66.7 Å². The maximum Gasteiger partial charge on any atom is 4.00 e. The summed E-state index contributed by atoms with van der Waals surface area (Å²) in [6, 6.07) is 19.3. The van der Waals surface area contributed by atoms with Crippen LogP contribution in [0.15, 0.2) is 72.8 Å². The predicted molar refractivity (Wildman–Crippen MR) is 78.6 cm³/mol. The van der Waals surface area contributed by atoms with E-state index in [9.17, 15) is 0 Å². The van der Waals surface area contributed by atoms with E-state index in [0.29, 0.717) is 0 Å². The van der Waals surface area contributed by atoms with Gasteiger partial charge in [0.1, 0.15) is 0 Å². The monoisotopic (exact) mass is 410 g/mol. The summed E-state index contributed by atoms with van der Waals surface area (Å²) in [5, 5.41) is 5.39. The molecule has 0 unspecified atom stereocenters. The van der Waals surface area contributed by atoms with Crippen molar-refractivity contribution in [2.24, 2.45) is 0 Å². The van der Waals surface area contributed by atoms with E-state index >= 15 is 0 Å². The van der Waals surface area contributed by atoms with Gasteiger partial charge in [-0.3, -0.25) is 6.08 Å². The number of benzene rings is 2. The van der Waals surface area contributed by atoms with E-state index in [1.807, 2.05) is 12.2 Å². The molecule has 1 heteroatoms. The van der Waals surface area contributed by atoms with E-state index in [-0.39, 0.29) is 25.8 Å². The van der Waals surface area contributed by atoms with Gasteiger partial charge in [-0.1, -0.05) is 36.4 Å². The van der Waals surface area contributed by atoms with Crippen molar-refractivity contribution in [3.05, 3.63) is 78.9 Å². The van der Waals surface area contributed by atoms with Crippen LogP contribution in [0, 0.1) is 6.08 Å². The average Bonchev–Trinajstić information content (AvgIpc) is 3.10. The van der Waals surface area contributed by atoms with Crippen LogP contribution in [0.5, 0.6) is 0 Å². The van der Waals surface area contributed by atoms with E-state index in [1.54, 1.807) is 0 Å². The molecule has 0 amide bonds. The van der Waals surface area contributed by atoms with Crippen LogP contribution >= 0.6 is 0 Å². The zero-order valence-electron chi connectivity index (χ0n) is 10.6. The zero-order valence-corrected chi connectivity index (χ0v) is 14.2. The van der Waals surface area contributed by atoms with E-state index < -0.39 is 0 Å². The Hall–Kier alpha value is -1.34. The molecule has 3 aromatic carbocycles. The number of fused-ring (bicyclic) bond motifs is 3. The van der Waals surface area contributed by atoms with Gasteiger partial charge in [-0.2, -0.15) is 6.08 Å². The van der Waals surface area contributed by atoms with Crippen LogP contribution < -0.4 is 0 Å². The molecule has 0 fully saturated rings. The summed E-state index contributed by atoms with van der Waals surface area (Å²) in [6.45, 7) is 0. The predicted octanol–water partition coefficient (Wildman–Crippen LogP) is 5.02. The second-order valence-electron chi connectivity index (χ2n) is 4.32. The minimum atomic E-state index is 0. The molecule has 0 saturated heterocycles. The van der Waals surface area contributed by atoms with Crippen molar-refractivity contribution in [3.63, 3.8) is 0 Å². The Bertz CT molecular complexity index is 656. The molecule has 0 aromatic heterocycles. The molecule has 0 aliphatic heterocycles. The van der Waals surface area contributed by atoms with Crippen molar-refractivity contribution >= 4 is 21.5 Å². The average molecular weight is 409 g/mol. The molecule has 0 radical (unpaired) electrons. The van der Waals surface area contributed by atoms with Crippen LogP contribution in [0.3, 0.4) is 0 Å². The Morgan fingerprint density at radius 1 is 0.842 bits per heavy atom. The van der Waals surface area contributed by atoms with E-state index in [4.69, 9.17) is 0 Å². The first kappa shape index (κ1) is 14.1. The number of rotatable bonds is 0. The van der Waals surface area contributed by atoms with Gasteiger partial charge in [-0.15, -0.1) is 46.2 Å². The van der Waals surface area contributed by atoms with Crippen LogP contribution in [0.4, 0.5) is 0 Å². The summed E-state index contributed by atoms with van der Waals surface area (Å²) >= 11 is 0. The van der Waals surface area contributed by atoms with E-state index in [1.165, 1.54) is 21.5 Å². The largest absolute Gasteiger partial charge is 4.00 e. The van der Waals surface area contributed by atoms with Crippen LogP contribution in [-0.4, -0.2) is 0 Å². The van der Waals surface area contributed by atoms with Gasteiger partial charge < -0.3 is 0 Å². The zero-order chi connectivity index (χ0) is 12.2. The summed E-state index contributed by atoms with van der Waals surface area (Å²) in [5.41, 5.74) is 0. The van der Waals surface area contributed by atoms with Gasteiger partial charge in [0.2, 0.25) is 0 Å². The SMILES string of the molecule is [C-]1=CC=CC1.[Hf+4].c1ccc2c(c1)[cH-]c1ccccc12. The van der Waals surface area contributed by atoms with Crippen LogP contribution in [-0.2, 0) is 25.8 Å². The van der Waals surface area contributed by atoms with Gasteiger partial charge >= 0.3 is 25.8 Å². The number of allylic oxidation sites excluding steroid dienone is 4. The summed E-state index contributed by atoms with van der Waals surface area (Å²) in [5.74, 6) is 0. The minimum Gasteiger partial charge on any atom is -0.273 e. The fourth-order valence-electron chi connectivity index (χ4n) is 2.24. The van der Waals surface area contributed by atoms with Gasteiger partial charge in [0.05, 0.1) is 0 Å². The topological polar surface area (TPSA) is 0 Å². The van der Waals surface area contributed by atoms with Crippen molar-refractivity contribution in [2.45, 2.75) is 6.42 Å². The molecule has 3 aromatic rings. The quantitative estimate of drug-likeness (QED) is 0.362. The molecule has 1 aliphatic carbocycles. The molecule has 0 bridgehead atoms. The molecule has 88 valence electrons. The Balaban J connectivity index is 0.000000190. The molecule has 19 heavy (non-hydrogen) atoms. The fraction of sp³-hybridized carbons (Fsp3) is 0.0556. The molecule has 4 rings (SSSR count). The van der Waals surface area contributed by atoms with Crippen LogP contribution in [0.2, 0.25) is 0 Å². The molecule has 0 saturated carbocycles. The first-order chi connectivity index (χ1) is 8.95. The van der Waals surface area contributed by atoms with Crippen molar-refractivity contribution in [1.82, 2.24) is 0 Å². The Morgan fingerprint density at radius 3 is 1.84 bits per heavy atom. The van der Waals surface area contributed by atoms with Crippen LogP contribution in [0.25, 0.3) is 21.5 Å². The molecule has 0 heterocycles. The molecule has 0 nitrogen and oxygen atoms in total. The second-order valence-corrected chi connectivity index (χ2v) is 4.32.